The standard InChI is InChI=1S/C13H20N2O4S/c1-10(2)20(17,18)15-12-7-5-4-6-11(12)13(16)14-8-9-19-3/h4-7,10,15H,8-9H2,1-3H3,(H,14,16). The average Bonchev–Trinajstić information content (AvgIpc) is 2.39. The highest BCUT2D eigenvalue weighted by Gasteiger charge is 2.19. The number of hydrogen-bond acceptors (Lipinski definition) is 4. The molecular formula is C13H20N2O4S. The highest BCUT2D eigenvalue weighted by Crippen LogP contribution is 2.17. The van der Waals surface area contributed by atoms with Gasteiger partial charge in [-0.3, -0.25) is 9.52 Å². The van der Waals surface area contributed by atoms with Gasteiger partial charge in [-0.1, -0.05) is 12.1 Å². The molecule has 1 rings (SSSR count). The molecule has 0 aliphatic heterocycles. The van der Waals surface area contributed by atoms with Gasteiger partial charge in [-0.15, -0.1) is 0 Å². The van der Waals surface area contributed by atoms with Gasteiger partial charge in [0.15, 0.2) is 0 Å². The topological polar surface area (TPSA) is 84.5 Å². The van der Waals surface area contributed by atoms with Crippen molar-refractivity contribution in [3.05, 3.63) is 29.8 Å². The van der Waals surface area contributed by atoms with Gasteiger partial charge in [0.25, 0.3) is 5.91 Å². The SMILES string of the molecule is COCCNC(=O)c1ccccc1NS(=O)(=O)C(C)C. The third-order valence-corrected chi connectivity index (χ3v) is 4.38. The van der Waals surface area contributed by atoms with Gasteiger partial charge in [-0.2, -0.15) is 0 Å². The minimum absolute atomic E-state index is 0.274. The summed E-state index contributed by atoms with van der Waals surface area (Å²) < 4.78 is 31.0. The van der Waals surface area contributed by atoms with Crippen LogP contribution in [0.5, 0.6) is 0 Å². The highest BCUT2D eigenvalue weighted by molar-refractivity contribution is 7.93. The molecule has 0 saturated carbocycles. The molecule has 1 aromatic carbocycles. The van der Waals surface area contributed by atoms with Crippen molar-refractivity contribution in [2.75, 3.05) is 25.0 Å². The Kier molecular flexibility index (Phi) is 5.97. The molecular weight excluding hydrogens is 280 g/mol. The largest absolute Gasteiger partial charge is 0.383 e. The van der Waals surface area contributed by atoms with Gasteiger partial charge in [0.05, 0.1) is 23.1 Å². The first kappa shape index (κ1) is 16.5. The van der Waals surface area contributed by atoms with Crippen LogP contribution in [-0.2, 0) is 14.8 Å². The van der Waals surface area contributed by atoms with Crippen molar-refractivity contribution >= 4 is 21.6 Å². The number of rotatable bonds is 7. The Morgan fingerprint density at radius 3 is 2.55 bits per heavy atom. The van der Waals surface area contributed by atoms with Crippen LogP contribution < -0.4 is 10.0 Å². The minimum atomic E-state index is -3.49. The van der Waals surface area contributed by atoms with Crippen LogP contribution in [0.1, 0.15) is 24.2 Å². The second-order valence-corrected chi connectivity index (χ2v) is 6.73. The van der Waals surface area contributed by atoms with E-state index in [1.807, 2.05) is 0 Å². The zero-order valence-electron chi connectivity index (χ0n) is 11.8. The summed E-state index contributed by atoms with van der Waals surface area (Å²) in [7, 11) is -1.95. The van der Waals surface area contributed by atoms with Gasteiger partial charge < -0.3 is 10.1 Å². The monoisotopic (exact) mass is 300 g/mol. The van der Waals surface area contributed by atoms with E-state index in [0.717, 1.165) is 0 Å². The van der Waals surface area contributed by atoms with Crippen molar-refractivity contribution in [3.63, 3.8) is 0 Å². The Balaban J connectivity index is 2.91. The number of methoxy groups -OCH3 is 1. The highest BCUT2D eigenvalue weighted by atomic mass is 32.2. The van der Waals surface area contributed by atoms with Crippen molar-refractivity contribution in [2.24, 2.45) is 0 Å². The summed E-state index contributed by atoms with van der Waals surface area (Å²) >= 11 is 0. The second kappa shape index (κ2) is 7.25. The van der Waals surface area contributed by atoms with Crippen molar-refractivity contribution in [1.29, 1.82) is 0 Å². The molecule has 0 atom stereocenters. The van der Waals surface area contributed by atoms with E-state index < -0.39 is 15.3 Å². The predicted molar refractivity (Wildman–Crippen MR) is 78.3 cm³/mol. The molecule has 0 aliphatic carbocycles. The van der Waals surface area contributed by atoms with E-state index in [1.54, 1.807) is 38.1 Å². The molecule has 0 spiro atoms. The Labute approximate surface area is 119 Å². The maximum atomic E-state index is 12.0. The third kappa shape index (κ3) is 4.50. The van der Waals surface area contributed by atoms with Gasteiger partial charge in [0, 0.05) is 13.7 Å². The summed E-state index contributed by atoms with van der Waals surface area (Å²) in [6.07, 6.45) is 0. The summed E-state index contributed by atoms with van der Waals surface area (Å²) in [4.78, 5) is 12.0. The molecule has 0 radical (unpaired) electrons. The average molecular weight is 300 g/mol. The lowest BCUT2D eigenvalue weighted by molar-refractivity contribution is 0.0938. The first-order valence-electron chi connectivity index (χ1n) is 6.26. The number of anilines is 1. The molecule has 6 nitrogen and oxygen atoms in total. The van der Waals surface area contributed by atoms with Crippen LogP contribution in [0.15, 0.2) is 24.3 Å². The molecule has 112 valence electrons. The normalized spacial score (nSPS) is 11.4. The van der Waals surface area contributed by atoms with Crippen molar-refractivity contribution in [3.8, 4) is 0 Å². The summed E-state index contributed by atoms with van der Waals surface area (Å²) in [5.74, 6) is -0.343. The van der Waals surface area contributed by atoms with Crippen molar-refractivity contribution < 1.29 is 17.9 Å². The number of carbonyl (C=O) groups is 1. The van der Waals surface area contributed by atoms with E-state index in [2.05, 4.69) is 10.0 Å². The summed E-state index contributed by atoms with van der Waals surface area (Å²) in [6.45, 7) is 3.90. The van der Waals surface area contributed by atoms with Crippen molar-refractivity contribution in [1.82, 2.24) is 5.32 Å². The first-order valence-corrected chi connectivity index (χ1v) is 7.81. The van der Waals surface area contributed by atoms with Gasteiger partial charge in [0.2, 0.25) is 10.0 Å². The molecule has 1 aromatic rings. The molecule has 7 heteroatoms. The maximum absolute atomic E-state index is 12.0. The van der Waals surface area contributed by atoms with Crippen LogP contribution in [0.4, 0.5) is 5.69 Å². The fourth-order valence-electron chi connectivity index (χ4n) is 1.40. The summed E-state index contributed by atoms with van der Waals surface area (Å²) in [6, 6.07) is 6.48. The molecule has 2 N–H and O–H groups in total. The Morgan fingerprint density at radius 1 is 1.30 bits per heavy atom. The van der Waals surface area contributed by atoms with E-state index in [9.17, 15) is 13.2 Å². The van der Waals surface area contributed by atoms with E-state index >= 15 is 0 Å². The first-order chi connectivity index (χ1) is 9.38. The molecule has 0 saturated heterocycles. The van der Waals surface area contributed by atoms with E-state index in [-0.39, 0.29) is 17.2 Å². The lowest BCUT2D eigenvalue weighted by Gasteiger charge is -2.14. The zero-order valence-corrected chi connectivity index (χ0v) is 12.7. The number of hydrogen-bond donors (Lipinski definition) is 2. The van der Waals surface area contributed by atoms with Gasteiger partial charge >= 0.3 is 0 Å². The zero-order chi connectivity index (χ0) is 15.2. The molecule has 0 aromatic heterocycles. The number of benzene rings is 1. The Bertz CT molecular complexity index is 555. The van der Waals surface area contributed by atoms with Crippen LogP contribution in [-0.4, -0.2) is 39.8 Å². The maximum Gasteiger partial charge on any atom is 0.253 e. The molecule has 1 amide bonds. The fourth-order valence-corrected chi connectivity index (χ4v) is 2.12. The summed E-state index contributed by atoms with van der Waals surface area (Å²) in [5, 5.41) is 2.08. The Hall–Kier alpha value is -1.60. The fraction of sp³-hybridized carbons (Fsp3) is 0.462. The smallest absolute Gasteiger partial charge is 0.253 e. The van der Waals surface area contributed by atoms with E-state index in [0.29, 0.717) is 13.2 Å². The van der Waals surface area contributed by atoms with Crippen LogP contribution in [0.25, 0.3) is 0 Å². The second-order valence-electron chi connectivity index (χ2n) is 4.49. The molecule has 0 fully saturated rings. The van der Waals surface area contributed by atoms with Crippen LogP contribution in [0.3, 0.4) is 0 Å². The number of nitrogens with one attached hydrogen (secondary N) is 2. The van der Waals surface area contributed by atoms with E-state index in [1.165, 1.54) is 7.11 Å². The molecule has 20 heavy (non-hydrogen) atoms. The molecule has 0 bridgehead atoms. The van der Waals surface area contributed by atoms with Gasteiger partial charge in [-0.25, -0.2) is 8.42 Å². The minimum Gasteiger partial charge on any atom is -0.383 e. The molecule has 0 aliphatic rings. The van der Waals surface area contributed by atoms with Crippen LogP contribution >= 0.6 is 0 Å². The number of sulfonamides is 1. The quantitative estimate of drug-likeness (QED) is 0.741. The number of para-hydroxylation sites is 1. The third-order valence-electron chi connectivity index (χ3n) is 2.64. The number of ether oxygens (including phenoxy) is 1. The summed E-state index contributed by atoms with van der Waals surface area (Å²) in [5.41, 5.74) is 0.559. The number of carbonyl (C=O) groups excluding carboxylic acids is 1. The molecule has 0 unspecified atom stereocenters. The van der Waals surface area contributed by atoms with Crippen LogP contribution in [0.2, 0.25) is 0 Å². The predicted octanol–water partition coefficient (Wildman–Crippen LogP) is 1.21. The van der Waals surface area contributed by atoms with Gasteiger partial charge in [-0.05, 0) is 26.0 Å². The number of amides is 1. The molecule has 0 heterocycles. The van der Waals surface area contributed by atoms with E-state index in [4.69, 9.17) is 4.74 Å². The van der Waals surface area contributed by atoms with Gasteiger partial charge in [0.1, 0.15) is 0 Å². The lowest BCUT2D eigenvalue weighted by atomic mass is 10.2. The van der Waals surface area contributed by atoms with Crippen LogP contribution in [0, 0.1) is 0 Å². The van der Waals surface area contributed by atoms with Crippen molar-refractivity contribution in [2.45, 2.75) is 19.1 Å². The lowest BCUT2D eigenvalue weighted by Crippen LogP contribution is -2.29. The Morgan fingerprint density at radius 2 is 1.95 bits per heavy atom.